The summed E-state index contributed by atoms with van der Waals surface area (Å²) in [4.78, 5) is 11.6. The quantitative estimate of drug-likeness (QED) is 0.321. The number of aromatic nitrogens is 4. The summed E-state index contributed by atoms with van der Waals surface area (Å²) in [6.07, 6.45) is 4.58. The monoisotopic (exact) mass is 585 g/mol. The Hall–Kier alpha value is -2.07. The van der Waals surface area contributed by atoms with Crippen molar-refractivity contribution in [3.8, 4) is 11.4 Å². The summed E-state index contributed by atoms with van der Waals surface area (Å²) in [5.74, 6) is 1.97. The van der Waals surface area contributed by atoms with Crippen molar-refractivity contribution < 1.29 is 9.26 Å². The smallest absolute Gasteiger partial charge is 0.236 e. The minimum atomic E-state index is -0.0483. The number of rotatable bonds is 4. The number of nitrogens with zero attached hydrogens (tertiary/aromatic N) is 5. The maximum atomic E-state index is 5.99. The molecule has 0 amide bonds. The van der Waals surface area contributed by atoms with Crippen molar-refractivity contribution in [1.29, 1.82) is 0 Å². The van der Waals surface area contributed by atoms with E-state index in [0.717, 1.165) is 34.2 Å². The first-order valence-corrected chi connectivity index (χ1v) is 13.0. The van der Waals surface area contributed by atoms with E-state index in [1.807, 2.05) is 6.07 Å². The van der Waals surface area contributed by atoms with Crippen molar-refractivity contribution in [3.63, 3.8) is 0 Å². The second kappa shape index (κ2) is 8.55. The largest absolute Gasteiger partial charge is 0.384 e. The topological polar surface area (TPSA) is 69.2 Å². The fourth-order valence-electron chi connectivity index (χ4n) is 6.13. The van der Waals surface area contributed by atoms with Gasteiger partial charge >= 0.3 is 0 Å². The maximum Gasteiger partial charge on any atom is 0.236 e. The minimum absolute atomic E-state index is 0.0483. The molecule has 0 bridgehead atoms. The summed E-state index contributed by atoms with van der Waals surface area (Å²) in [7, 11) is 6.11. The number of hydrogen-bond donors (Lipinski definition) is 0. The zero-order valence-corrected chi connectivity index (χ0v) is 22.4. The normalized spacial score (nSPS) is 24.5. The Labute approximate surface area is 214 Å². The molecule has 176 valence electrons. The molecule has 1 saturated heterocycles. The van der Waals surface area contributed by atoms with Gasteiger partial charge in [0.2, 0.25) is 11.7 Å². The van der Waals surface area contributed by atoms with Crippen molar-refractivity contribution in [3.05, 3.63) is 62.8 Å². The number of piperidine rings is 1. The molecular formula is C25H25Br2N5O2. The molecule has 4 aromatic rings. The predicted molar refractivity (Wildman–Crippen MR) is 137 cm³/mol. The number of likely N-dealkylation sites (tertiary alicyclic amines) is 1. The van der Waals surface area contributed by atoms with Gasteiger partial charge in [0.15, 0.2) is 0 Å². The first-order chi connectivity index (χ1) is 16.5. The highest BCUT2D eigenvalue weighted by Gasteiger charge is 2.48. The van der Waals surface area contributed by atoms with Crippen LogP contribution in [0.15, 0.2) is 50.3 Å². The lowest BCUT2D eigenvalue weighted by Crippen LogP contribution is -2.51. The van der Waals surface area contributed by atoms with Crippen LogP contribution in [0, 0.1) is 5.92 Å². The van der Waals surface area contributed by atoms with E-state index in [1.54, 1.807) is 19.5 Å². The first-order valence-electron chi connectivity index (χ1n) is 11.4. The van der Waals surface area contributed by atoms with Crippen molar-refractivity contribution >= 4 is 42.8 Å². The van der Waals surface area contributed by atoms with Gasteiger partial charge in [0, 0.05) is 71.6 Å². The molecule has 2 unspecified atom stereocenters. The molecule has 4 heterocycles. The van der Waals surface area contributed by atoms with Crippen LogP contribution in [0.2, 0.25) is 0 Å². The van der Waals surface area contributed by atoms with Gasteiger partial charge in [0.05, 0.1) is 17.1 Å². The van der Waals surface area contributed by atoms with Crippen LogP contribution in [-0.2, 0) is 11.8 Å². The lowest BCUT2D eigenvalue weighted by atomic mass is 9.67. The van der Waals surface area contributed by atoms with E-state index >= 15 is 0 Å². The van der Waals surface area contributed by atoms with Crippen LogP contribution in [-0.4, -0.2) is 57.9 Å². The van der Waals surface area contributed by atoms with Crippen LogP contribution in [0.3, 0.4) is 0 Å². The highest BCUT2D eigenvalue weighted by atomic mass is 79.9. The molecule has 4 atom stereocenters. The Morgan fingerprint density at radius 1 is 1.21 bits per heavy atom. The average molecular weight is 587 g/mol. The molecule has 0 radical (unpaired) electrons. The summed E-state index contributed by atoms with van der Waals surface area (Å²) in [6.45, 7) is 1.73. The zero-order valence-electron chi connectivity index (χ0n) is 19.2. The Balaban J connectivity index is 1.54. The van der Waals surface area contributed by atoms with Gasteiger partial charge in [0.1, 0.15) is 0 Å². The molecule has 34 heavy (non-hydrogen) atoms. The average Bonchev–Trinajstić information content (AvgIpc) is 3.41. The fourth-order valence-corrected chi connectivity index (χ4v) is 7.13. The van der Waals surface area contributed by atoms with E-state index in [4.69, 9.17) is 14.2 Å². The number of benzene rings is 1. The Kier molecular flexibility index (Phi) is 5.63. The molecule has 7 nitrogen and oxygen atoms in total. The third-order valence-corrected chi connectivity index (χ3v) is 8.79. The van der Waals surface area contributed by atoms with Crippen LogP contribution >= 0.6 is 31.9 Å². The SMILES string of the molecule is COC[C@@H]1CC2c3cccc4c3c(c(Br)n4C)C(c3nc(-c4cncc(Br)c4)no3)[C@H]2N(C)C1. The van der Waals surface area contributed by atoms with Crippen LogP contribution in [0.4, 0.5) is 0 Å². The van der Waals surface area contributed by atoms with Gasteiger partial charge in [-0.1, -0.05) is 17.3 Å². The number of halogens is 2. The molecular weight excluding hydrogens is 562 g/mol. The van der Waals surface area contributed by atoms with Gasteiger partial charge in [-0.2, -0.15) is 4.98 Å². The summed E-state index contributed by atoms with van der Waals surface area (Å²) in [5.41, 5.74) is 4.68. The van der Waals surface area contributed by atoms with Gasteiger partial charge < -0.3 is 18.7 Å². The van der Waals surface area contributed by atoms with Crippen LogP contribution in [0.1, 0.15) is 35.3 Å². The fraction of sp³-hybridized carbons (Fsp3) is 0.400. The minimum Gasteiger partial charge on any atom is -0.384 e. The highest BCUT2D eigenvalue weighted by molar-refractivity contribution is 9.10. The third-order valence-electron chi connectivity index (χ3n) is 7.40. The summed E-state index contributed by atoms with van der Waals surface area (Å²) in [6, 6.07) is 8.83. The van der Waals surface area contributed by atoms with Gasteiger partial charge in [-0.15, -0.1) is 0 Å². The van der Waals surface area contributed by atoms with Crippen LogP contribution < -0.4 is 0 Å². The number of aryl methyl sites for hydroxylation is 1. The van der Waals surface area contributed by atoms with E-state index < -0.39 is 0 Å². The third kappa shape index (κ3) is 3.39. The summed E-state index contributed by atoms with van der Waals surface area (Å²) in [5, 5.41) is 5.66. The summed E-state index contributed by atoms with van der Waals surface area (Å²) >= 11 is 7.40. The molecule has 2 aliphatic rings. The first kappa shape index (κ1) is 22.4. The van der Waals surface area contributed by atoms with Crippen molar-refractivity contribution in [2.24, 2.45) is 13.0 Å². The van der Waals surface area contributed by atoms with Crippen LogP contribution in [0.25, 0.3) is 22.3 Å². The lowest BCUT2D eigenvalue weighted by Gasteiger charge is -2.48. The van der Waals surface area contributed by atoms with E-state index in [1.165, 1.54) is 22.0 Å². The molecule has 0 saturated carbocycles. The second-order valence-electron chi connectivity index (χ2n) is 9.42. The number of methoxy groups -OCH3 is 1. The van der Waals surface area contributed by atoms with E-state index in [0.29, 0.717) is 23.6 Å². The molecule has 0 N–H and O–H groups in total. The molecule has 9 heteroatoms. The molecule has 3 aromatic heterocycles. The Morgan fingerprint density at radius 3 is 2.85 bits per heavy atom. The standard InChI is InChI=1S/C25H25Br2N5O2/c1-31-11-13(12-33-3)7-17-16-5-4-6-18-19(16)20(23(27)32(18)2)21(22(17)31)25-29-24(30-34-25)14-8-15(26)10-28-9-14/h4-6,8-10,13,17,21-22H,7,11-12H2,1-3H3/t13-,17?,21?,22+/m1/s1. The van der Waals surface area contributed by atoms with Crippen molar-refractivity contribution in [2.45, 2.75) is 24.3 Å². The van der Waals surface area contributed by atoms with Gasteiger partial charge in [0.25, 0.3) is 0 Å². The number of ether oxygens (including phenoxy) is 1. The second-order valence-corrected chi connectivity index (χ2v) is 11.1. The van der Waals surface area contributed by atoms with Crippen molar-refractivity contribution in [1.82, 2.24) is 24.6 Å². The van der Waals surface area contributed by atoms with Gasteiger partial charge in [-0.3, -0.25) is 4.98 Å². The number of hydrogen-bond acceptors (Lipinski definition) is 6. The molecule has 1 fully saturated rings. The molecule has 1 aliphatic carbocycles. The number of likely N-dealkylation sites (N-methyl/N-ethyl adjacent to an activating group) is 1. The van der Waals surface area contributed by atoms with Crippen molar-refractivity contribution in [2.75, 3.05) is 27.3 Å². The predicted octanol–water partition coefficient (Wildman–Crippen LogP) is 5.34. The zero-order chi connectivity index (χ0) is 23.6. The van der Waals surface area contributed by atoms with E-state index in [2.05, 4.69) is 83.8 Å². The maximum absolute atomic E-state index is 5.99. The highest BCUT2D eigenvalue weighted by Crippen LogP contribution is 2.54. The Bertz CT molecular complexity index is 1380. The Morgan fingerprint density at radius 2 is 2.06 bits per heavy atom. The van der Waals surface area contributed by atoms with Gasteiger partial charge in [-0.25, -0.2) is 0 Å². The molecule has 1 aromatic carbocycles. The molecule has 1 aliphatic heterocycles. The number of pyridine rings is 1. The van der Waals surface area contributed by atoms with E-state index in [9.17, 15) is 0 Å². The van der Waals surface area contributed by atoms with Gasteiger partial charge in [-0.05, 0) is 68.9 Å². The lowest BCUT2D eigenvalue weighted by molar-refractivity contribution is 0.0485. The van der Waals surface area contributed by atoms with Crippen LogP contribution in [0.5, 0.6) is 0 Å². The number of fused-ring (bicyclic) bond motifs is 2. The molecule has 6 rings (SSSR count). The van der Waals surface area contributed by atoms with E-state index in [-0.39, 0.29) is 12.0 Å². The summed E-state index contributed by atoms with van der Waals surface area (Å²) < 4.78 is 15.7. The molecule has 0 spiro atoms.